The third-order valence-electron chi connectivity index (χ3n) is 4.06. The van der Waals surface area contributed by atoms with Crippen molar-refractivity contribution in [3.05, 3.63) is 47.0 Å². The molecule has 2 aromatic carbocycles. The van der Waals surface area contributed by atoms with E-state index in [9.17, 15) is 15.3 Å². The molecule has 2 aromatic rings. The van der Waals surface area contributed by atoms with Crippen molar-refractivity contribution >= 4 is 0 Å². The molecule has 25 heavy (non-hydrogen) atoms. The second-order valence-corrected chi connectivity index (χ2v) is 7.18. The van der Waals surface area contributed by atoms with E-state index in [1.54, 1.807) is 12.1 Å². The molecule has 0 radical (unpaired) electrons. The lowest BCUT2D eigenvalue weighted by Gasteiger charge is -2.14. The van der Waals surface area contributed by atoms with Crippen LogP contribution >= 0.6 is 0 Å². The summed E-state index contributed by atoms with van der Waals surface area (Å²) in [6.45, 7) is 12.1. The van der Waals surface area contributed by atoms with Crippen molar-refractivity contribution in [2.45, 2.75) is 59.3 Å². The number of benzene rings is 2. The minimum Gasteiger partial charge on any atom is -0.508 e. The fourth-order valence-electron chi connectivity index (χ4n) is 2.56. The molecule has 0 atom stereocenters. The van der Waals surface area contributed by atoms with Gasteiger partial charge in [-0.05, 0) is 46.6 Å². The summed E-state index contributed by atoms with van der Waals surface area (Å²) in [5.41, 5.74) is 2.65. The fraction of sp³-hybridized carbons (Fsp3) is 0.429. The molecule has 0 heterocycles. The van der Waals surface area contributed by atoms with Gasteiger partial charge in [0, 0.05) is 12.1 Å². The molecule has 0 unspecified atom stereocenters. The van der Waals surface area contributed by atoms with Crippen LogP contribution in [-0.2, 0) is 0 Å². The molecule has 0 aliphatic heterocycles. The molecule has 138 valence electrons. The highest BCUT2D eigenvalue weighted by molar-refractivity contribution is 5.47. The summed E-state index contributed by atoms with van der Waals surface area (Å²) in [6, 6.07) is 7.99. The Morgan fingerprint density at radius 3 is 1.28 bits per heavy atom. The third-order valence-corrected chi connectivity index (χ3v) is 4.06. The number of hydrogen-bond donors (Lipinski definition) is 4. The predicted octanol–water partition coefficient (Wildman–Crippen LogP) is 5.57. The van der Waals surface area contributed by atoms with Crippen molar-refractivity contribution in [3.63, 3.8) is 0 Å². The number of rotatable bonds is 3. The monoisotopic (exact) mass is 346 g/mol. The van der Waals surface area contributed by atoms with Crippen LogP contribution in [0.3, 0.4) is 0 Å². The van der Waals surface area contributed by atoms with Gasteiger partial charge >= 0.3 is 0 Å². The van der Waals surface area contributed by atoms with Crippen LogP contribution < -0.4 is 0 Å². The molecular formula is C21H30O4. The third kappa shape index (κ3) is 5.59. The van der Waals surface area contributed by atoms with Crippen molar-refractivity contribution < 1.29 is 20.4 Å². The first-order chi connectivity index (χ1) is 11.5. The average Bonchev–Trinajstić information content (AvgIpc) is 2.46. The summed E-state index contributed by atoms with van der Waals surface area (Å²) in [6.07, 6.45) is 0. The second-order valence-electron chi connectivity index (χ2n) is 7.18. The first kappa shape index (κ1) is 20.7. The van der Waals surface area contributed by atoms with E-state index < -0.39 is 0 Å². The SMILES string of the molecule is CC(C)c1cc(C(C)C)c(O)cc1O.CC(C)c1ccc(O)cc1O. The predicted molar refractivity (Wildman–Crippen MR) is 102 cm³/mol. The van der Waals surface area contributed by atoms with Crippen LogP contribution in [-0.4, -0.2) is 20.4 Å². The van der Waals surface area contributed by atoms with Crippen molar-refractivity contribution in [3.8, 4) is 23.0 Å². The Morgan fingerprint density at radius 1 is 0.520 bits per heavy atom. The standard InChI is InChI=1S/C12H18O2.C9H12O2/c1-7(2)9-5-10(8(3)4)12(14)6-11(9)13;1-6(2)8-4-3-7(10)5-9(8)11/h5-8,13-14H,1-4H3;3-6,10-11H,1-2H3. The number of hydrogen-bond acceptors (Lipinski definition) is 4. The molecule has 2 rings (SSSR count). The summed E-state index contributed by atoms with van der Waals surface area (Å²) in [7, 11) is 0. The lowest BCUT2D eigenvalue weighted by atomic mass is 9.94. The minimum absolute atomic E-state index is 0.104. The van der Waals surface area contributed by atoms with E-state index >= 15 is 0 Å². The maximum atomic E-state index is 9.61. The molecule has 0 aromatic heterocycles. The number of phenolic OH excluding ortho intramolecular Hbond substituents is 4. The summed E-state index contributed by atoms with van der Waals surface area (Å²) < 4.78 is 0. The van der Waals surface area contributed by atoms with Gasteiger partial charge < -0.3 is 20.4 Å². The topological polar surface area (TPSA) is 80.9 Å². The van der Waals surface area contributed by atoms with Crippen molar-refractivity contribution in [1.82, 2.24) is 0 Å². The lowest BCUT2D eigenvalue weighted by Crippen LogP contribution is -1.94. The van der Waals surface area contributed by atoms with Crippen LogP contribution in [0.25, 0.3) is 0 Å². The molecule has 4 nitrogen and oxygen atoms in total. The average molecular weight is 346 g/mol. The quantitative estimate of drug-likeness (QED) is 0.586. The van der Waals surface area contributed by atoms with Crippen LogP contribution in [0.2, 0.25) is 0 Å². The van der Waals surface area contributed by atoms with Crippen molar-refractivity contribution in [2.75, 3.05) is 0 Å². The van der Waals surface area contributed by atoms with Gasteiger partial charge in [0.2, 0.25) is 0 Å². The van der Waals surface area contributed by atoms with Crippen LogP contribution in [0.5, 0.6) is 23.0 Å². The van der Waals surface area contributed by atoms with Crippen LogP contribution in [0.15, 0.2) is 30.3 Å². The summed E-state index contributed by atoms with van der Waals surface area (Å²) in [5.74, 6) is 1.47. The molecule has 0 aliphatic rings. The Hall–Kier alpha value is -2.36. The van der Waals surface area contributed by atoms with Gasteiger partial charge in [0.25, 0.3) is 0 Å². The highest BCUT2D eigenvalue weighted by atomic mass is 16.3. The van der Waals surface area contributed by atoms with Crippen molar-refractivity contribution in [2.24, 2.45) is 0 Å². The zero-order valence-corrected chi connectivity index (χ0v) is 15.9. The fourth-order valence-corrected chi connectivity index (χ4v) is 2.56. The van der Waals surface area contributed by atoms with E-state index in [-0.39, 0.29) is 40.8 Å². The summed E-state index contributed by atoms with van der Waals surface area (Å²) >= 11 is 0. The number of aromatic hydroxyl groups is 4. The van der Waals surface area contributed by atoms with Gasteiger partial charge in [-0.15, -0.1) is 0 Å². The van der Waals surface area contributed by atoms with Gasteiger partial charge in [-0.2, -0.15) is 0 Å². The Kier molecular flexibility index (Phi) is 7.16. The van der Waals surface area contributed by atoms with Gasteiger partial charge in [-0.3, -0.25) is 0 Å². The van der Waals surface area contributed by atoms with E-state index in [0.717, 1.165) is 16.7 Å². The van der Waals surface area contributed by atoms with Gasteiger partial charge in [0.05, 0.1) is 0 Å². The highest BCUT2D eigenvalue weighted by Crippen LogP contribution is 2.35. The maximum Gasteiger partial charge on any atom is 0.122 e. The molecule has 0 spiro atoms. The normalized spacial score (nSPS) is 10.9. The molecule has 0 aliphatic carbocycles. The molecule has 0 fully saturated rings. The zero-order valence-electron chi connectivity index (χ0n) is 15.9. The summed E-state index contributed by atoms with van der Waals surface area (Å²) in [5, 5.41) is 37.5. The molecule has 0 bridgehead atoms. The molecule has 0 saturated heterocycles. The Balaban J connectivity index is 0.000000257. The van der Waals surface area contributed by atoms with E-state index in [0.29, 0.717) is 0 Å². The largest absolute Gasteiger partial charge is 0.508 e. The zero-order chi connectivity index (χ0) is 19.3. The van der Waals surface area contributed by atoms with Crippen LogP contribution in [0.1, 0.15) is 76.0 Å². The summed E-state index contributed by atoms with van der Waals surface area (Å²) in [4.78, 5) is 0. The molecule has 0 saturated carbocycles. The van der Waals surface area contributed by atoms with E-state index in [1.807, 2.05) is 47.6 Å². The highest BCUT2D eigenvalue weighted by Gasteiger charge is 2.13. The van der Waals surface area contributed by atoms with Crippen molar-refractivity contribution in [1.29, 1.82) is 0 Å². The minimum atomic E-state index is 0.104. The lowest BCUT2D eigenvalue weighted by molar-refractivity contribution is 0.437. The van der Waals surface area contributed by atoms with E-state index in [2.05, 4.69) is 0 Å². The Bertz CT molecular complexity index is 674. The van der Waals surface area contributed by atoms with E-state index in [1.165, 1.54) is 12.1 Å². The number of phenols is 4. The smallest absolute Gasteiger partial charge is 0.122 e. The van der Waals surface area contributed by atoms with E-state index in [4.69, 9.17) is 5.11 Å². The van der Waals surface area contributed by atoms with Gasteiger partial charge in [0.15, 0.2) is 0 Å². The molecule has 4 N–H and O–H groups in total. The molecular weight excluding hydrogens is 316 g/mol. The molecule has 4 heteroatoms. The van der Waals surface area contributed by atoms with Gasteiger partial charge in [0.1, 0.15) is 23.0 Å². The Labute approximate surface area is 150 Å². The maximum absolute atomic E-state index is 9.61. The van der Waals surface area contributed by atoms with Crippen LogP contribution in [0.4, 0.5) is 0 Å². The Morgan fingerprint density at radius 2 is 0.920 bits per heavy atom. The first-order valence-electron chi connectivity index (χ1n) is 8.62. The van der Waals surface area contributed by atoms with Gasteiger partial charge in [-0.25, -0.2) is 0 Å². The van der Waals surface area contributed by atoms with Crippen LogP contribution in [0, 0.1) is 0 Å². The second kappa shape index (κ2) is 8.65. The van der Waals surface area contributed by atoms with Gasteiger partial charge in [-0.1, -0.05) is 47.6 Å². The first-order valence-corrected chi connectivity index (χ1v) is 8.62. The molecule has 0 amide bonds.